The number of amides is 2. The number of carbonyl (C=O) groups excluding carboxylic acids is 2. The van der Waals surface area contributed by atoms with Gasteiger partial charge in [0, 0.05) is 19.5 Å². The molecular formula is C21H34N2O2. The molecule has 0 radical (unpaired) electrons. The van der Waals surface area contributed by atoms with Crippen molar-refractivity contribution in [2.45, 2.75) is 77.0 Å². The molecule has 5 rings (SSSR count). The Morgan fingerprint density at radius 3 is 1.92 bits per heavy atom. The molecule has 4 bridgehead atoms. The highest BCUT2D eigenvalue weighted by Gasteiger charge is 2.51. The van der Waals surface area contributed by atoms with E-state index in [2.05, 4.69) is 5.32 Å². The summed E-state index contributed by atoms with van der Waals surface area (Å²) in [6.45, 7) is 1.93. The first-order chi connectivity index (χ1) is 12.1. The van der Waals surface area contributed by atoms with E-state index in [0.717, 1.165) is 43.7 Å². The molecule has 4 nitrogen and oxygen atoms in total. The van der Waals surface area contributed by atoms with Crippen molar-refractivity contribution in [2.24, 2.45) is 23.2 Å². The highest BCUT2D eigenvalue weighted by atomic mass is 16.2. The molecule has 0 aromatic carbocycles. The lowest BCUT2D eigenvalue weighted by atomic mass is 9.49. The molecule has 4 saturated carbocycles. The third kappa shape index (κ3) is 4.03. The maximum absolute atomic E-state index is 12.6. The number of hydrogen-bond acceptors (Lipinski definition) is 2. The summed E-state index contributed by atoms with van der Waals surface area (Å²) >= 11 is 0. The Morgan fingerprint density at radius 2 is 1.36 bits per heavy atom. The molecule has 5 fully saturated rings. The van der Waals surface area contributed by atoms with Crippen LogP contribution in [0.25, 0.3) is 0 Å². The highest BCUT2D eigenvalue weighted by Crippen LogP contribution is 2.61. The van der Waals surface area contributed by atoms with E-state index in [1.807, 2.05) is 4.90 Å². The van der Waals surface area contributed by atoms with Crippen LogP contribution in [0.15, 0.2) is 0 Å². The summed E-state index contributed by atoms with van der Waals surface area (Å²) in [6.07, 6.45) is 14.6. The number of hydrogen-bond donors (Lipinski definition) is 1. The van der Waals surface area contributed by atoms with Gasteiger partial charge in [-0.25, -0.2) is 0 Å². The van der Waals surface area contributed by atoms with Crippen molar-refractivity contribution in [1.29, 1.82) is 0 Å². The van der Waals surface area contributed by atoms with E-state index >= 15 is 0 Å². The molecule has 0 aromatic rings. The van der Waals surface area contributed by atoms with E-state index in [-0.39, 0.29) is 23.8 Å². The number of carbonyl (C=O) groups is 2. The Hall–Kier alpha value is -1.06. The van der Waals surface area contributed by atoms with Crippen molar-refractivity contribution in [3.05, 3.63) is 0 Å². The summed E-state index contributed by atoms with van der Waals surface area (Å²) in [5.41, 5.74) is 0.266. The Balaban J connectivity index is 1.25. The molecule has 1 N–H and O–H groups in total. The van der Waals surface area contributed by atoms with Gasteiger partial charge in [0.15, 0.2) is 0 Å². The van der Waals surface area contributed by atoms with E-state index in [4.69, 9.17) is 0 Å². The van der Waals surface area contributed by atoms with Crippen LogP contribution in [0.1, 0.15) is 77.0 Å². The van der Waals surface area contributed by atoms with Gasteiger partial charge >= 0.3 is 0 Å². The maximum atomic E-state index is 12.6. The Kier molecular flexibility index (Phi) is 5.06. The summed E-state index contributed by atoms with van der Waals surface area (Å²) in [6, 6.07) is 0. The Bertz CT molecular complexity index is 473. The normalized spacial score (nSPS) is 37.4. The van der Waals surface area contributed by atoms with Crippen molar-refractivity contribution >= 4 is 11.8 Å². The van der Waals surface area contributed by atoms with Crippen molar-refractivity contribution < 1.29 is 9.59 Å². The Labute approximate surface area is 152 Å². The van der Waals surface area contributed by atoms with Crippen LogP contribution in [-0.4, -0.2) is 36.3 Å². The highest BCUT2D eigenvalue weighted by molar-refractivity contribution is 5.85. The number of likely N-dealkylation sites (tertiary alicyclic amines) is 1. The molecule has 0 spiro atoms. The molecule has 1 saturated heterocycles. The second kappa shape index (κ2) is 7.28. The van der Waals surface area contributed by atoms with Gasteiger partial charge in [-0.05, 0) is 74.5 Å². The van der Waals surface area contributed by atoms with E-state index in [1.165, 1.54) is 57.8 Å². The molecule has 1 aliphatic heterocycles. The van der Waals surface area contributed by atoms with Crippen molar-refractivity contribution in [1.82, 2.24) is 10.2 Å². The minimum atomic E-state index is 0.112. The van der Waals surface area contributed by atoms with Gasteiger partial charge in [-0.2, -0.15) is 0 Å². The monoisotopic (exact) mass is 346 g/mol. The van der Waals surface area contributed by atoms with Gasteiger partial charge in [0.25, 0.3) is 0 Å². The molecule has 4 aliphatic carbocycles. The fourth-order valence-electron chi connectivity index (χ4n) is 6.69. The number of rotatable bonds is 4. The predicted molar refractivity (Wildman–Crippen MR) is 97.9 cm³/mol. The van der Waals surface area contributed by atoms with Gasteiger partial charge < -0.3 is 10.2 Å². The summed E-state index contributed by atoms with van der Waals surface area (Å²) in [5, 5.41) is 2.96. The average molecular weight is 347 g/mol. The van der Waals surface area contributed by atoms with Gasteiger partial charge in [0.2, 0.25) is 11.8 Å². The second-order valence-electron chi connectivity index (χ2n) is 9.52. The molecular weight excluding hydrogens is 312 g/mol. The van der Waals surface area contributed by atoms with E-state index in [9.17, 15) is 9.59 Å². The summed E-state index contributed by atoms with van der Waals surface area (Å²) < 4.78 is 0. The molecule has 25 heavy (non-hydrogen) atoms. The SMILES string of the molecule is O=C(CC12CC3CC(CC(C3)C1)C2)NCC(=O)N1CCCCCCC1. The lowest BCUT2D eigenvalue weighted by molar-refractivity contribution is -0.135. The molecule has 140 valence electrons. The first-order valence-corrected chi connectivity index (χ1v) is 10.7. The van der Waals surface area contributed by atoms with Crippen molar-refractivity contribution in [3.63, 3.8) is 0 Å². The standard InChI is InChI=1S/C21H34N2O2/c24-19(22-15-20(25)23-6-4-2-1-3-5-7-23)14-21-11-16-8-17(12-21)10-18(9-16)13-21/h16-18H,1-15H2,(H,22,24). The molecule has 0 unspecified atom stereocenters. The van der Waals surface area contributed by atoms with Crippen LogP contribution in [0.5, 0.6) is 0 Å². The van der Waals surface area contributed by atoms with Crippen LogP contribution in [0.2, 0.25) is 0 Å². The van der Waals surface area contributed by atoms with Gasteiger partial charge in [-0.1, -0.05) is 19.3 Å². The van der Waals surface area contributed by atoms with Crippen LogP contribution in [0, 0.1) is 23.2 Å². The molecule has 1 heterocycles. The smallest absolute Gasteiger partial charge is 0.241 e. The fourth-order valence-corrected chi connectivity index (χ4v) is 6.69. The van der Waals surface area contributed by atoms with Crippen molar-refractivity contribution in [2.75, 3.05) is 19.6 Å². The molecule has 4 heteroatoms. The van der Waals surface area contributed by atoms with Gasteiger partial charge in [-0.15, -0.1) is 0 Å². The zero-order valence-electron chi connectivity index (χ0n) is 15.6. The fraction of sp³-hybridized carbons (Fsp3) is 0.905. The topological polar surface area (TPSA) is 49.4 Å². The third-order valence-electron chi connectivity index (χ3n) is 7.35. The second-order valence-corrected chi connectivity index (χ2v) is 9.52. The first-order valence-electron chi connectivity index (χ1n) is 10.7. The van der Waals surface area contributed by atoms with Crippen LogP contribution in [0.4, 0.5) is 0 Å². The minimum Gasteiger partial charge on any atom is -0.347 e. The van der Waals surface area contributed by atoms with Crippen LogP contribution in [0.3, 0.4) is 0 Å². The summed E-state index contributed by atoms with van der Waals surface area (Å²) in [7, 11) is 0. The average Bonchev–Trinajstić information content (AvgIpc) is 2.50. The molecule has 0 aromatic heterocycles. The first kappa shape index (κ1) is 17.4. The van der Waals surface area contributed by atoms with E-state index < -0.39 is 0 Å². The zero-order valence-corrected chi connectivity index (χ0v) is 15.6. The minimum absolute atomic E-state index is 0.112. The van der Waals surface area contributed by atoms with Crippen molar-refractivity contribution in [3.8, 4) is 0 Å². The van der Waals surface area contributed by atoms with Gasteiger partial charge in [0.05, 0.1) is 6.54 Å². The van der Waals surface area contributed by atoms with E-state index in [1.54, 1.807) is 0 Å². The predicted octanol–water partition coefficient (Wildman–Crippen LogP) is 3.50. The lowest BCUT2D eigenvalue weighted by Gasteiger charge is -2.56. The molecule has 5 aliphatic rings. The van der Waals surface area contributed by atoms with Crippen LogP contribution in [-0.2, 0) is 9.59 Å². The van der Waals surface area contributed by atoms with Gasteiger partial charge in [-0.3, -0.25) is 9.59 Å². The zero-order chi connectivity index (χ0) is 17.3. The lowest BCUT2D eigenvalue weighted by Crippen LogP contribution is -2.48. The molecule has 0 atom stereocenters. The maximum Gasteiger partial charge on any atom is 0.241 e. The summed E-state index contributed by atoms with van der Waals surface area (Å²) in [5.74, 6) is 2.85. The summed E-state index contributed by atoms with van der Waals surface area (Å²) in [4.78, 5) is 27.0. The molecule has 2 amide bonds. The third-order valence-corrected chi connectivity index (χ3v) is 7.35. The van der Waals surface area contributed by atoms with Crippen LogP contribution < -0.4 is 5.32 Å². The van der Waals surface area contributed by atoms with Gasteiger partial charge in [0.1, 0.15) is 0 Å². The quantitative estimate of drug-likeness (QED) is 0.847. The van der Waals surface area contributed by atoms with Crippen LogP contribution >= 0.6 is 0 Å². The number of nitrogens with zero attached hydrogens (tertiary/aromatic N) is 1. The number of nitrogens with one attached hydrogen (secondary N) is 1. The van der Waals surface area contributed by atoms with E-state index in [0.29, 0.717) is 6.42 Å². The largest absolute Gasteiger partial charge is 0.347 e. The Morgan fingerprint density at radius 1 is 0.840 bits per heavy atom.